The Balaban J connectivity index is 1.64. The summed E-state index contributed by atoms with van der Waals surface area (Å²) in [5.74, 6) is 0. The van der Waals surface area contributed by atoms with Crippen molar-refractivity contribution in [1.29, 1.82) is 0 Å². The standard InChI is InChI=1S/C40H24N4/c1-3-13-25(14-4-1)43-31-21-11-23-41-37(31)35-29-19-9-8-18-28(29)34-33(39(35)43)27-17-7-10-20-30(27)36-38-32(22-12-24-42-38)44(40(34)36)26-15-5-2-6-16-26/h1-24H. The quantitative estimate of drug-likeness (QED) is 0.197. The normalized spacial score (nSPS) is 12.1. The number of fused-ring (bicyclic) bond motifs is 15. The number of rotatable bonds is 2. The molecule has 4 heteroatoms. The van der Waals surface area contributed by atoms with Crippen molar-refractivity contribution in [1.82, 2.24) is 19.1 Å². The van der Waals surface area contributed by atoms with Crippen LogP contribution < -0.4 is 0 Å². The highest BCUT2D eigenvalue weighted by atomic mass is 15.0. The molecule has 0 aliphatic rings. The molecule has 0 atom stereocenters. The third-order valence-corrected chi connectivity index (χ3v) is 9.13. The second kappa shape index (κ2) is 8.76. The van der Waals surface area contributed by atoms with Crippen LogP contribution in [0.5, 0.6) is 0 Å². The van der Waals surface area contributed by atoms with Gasteiger partial charge in [0.25, 0.3) is 0 Å². The Bertz CT molecular complexity index is 2560. The number of nitrogens with zero attached hydrogens (tertiary/aromatic N) is 4. The molecule has 10 rings (SSSR count). The van der Waals surface area contributed by atoms with E-state index in [4.69, 9.17) is 9.97 Å². The van der Waals surface area contributed by atoms with Crippen LogP contribution in [0, 0.1) is 0 Å². The summed E-state index contributed by atoms with van der Waals surface area (Å²) in [5, 5.41) is 9.62. The first kappa shape index (κ1) is 23.6. The molecular weight excluding hydrogens is 536 g/mol. The summed E-state index contributed by atoms with van der Waals surface area (Å²) >= 11 is 0. The molecule has 0 amide bonds. The van der Waals surface area contributed by atoms with E-state index >= 15 is 0 Å². The van der Waals surface area contributed by atoms with Gasteiger partial charge < -0.3 is 9.13 Å². The van der Waals surface area contributed by atoms with E-state index in [9.17, 15) is 0 Å². The van der Waals surface area contributed by atoms with E-state index in [1.54, 1.807) is 0 Å². The summed E-state index contributed by atoms with van der Waals surface area (Å²) in [7, 11) is 0. The second-order valence-corrected chi connectivity index (χ2v) is 11.4. The zero-order valence-corrected chi connectivity index (χ0v) is 23.6. The summed E-state index contributed by atoms with van der Waals surface area (Å²) < 4.78 is 4.83. The van der Waals surface area contributed by atoms with Crippen molar-refractivity contribution in [2.45, 2.75) is 0 Å². The third-order valence-electron chi connectivity index (χ3n) is 9.13. The lowest BCUT2D eigenvalue weighted by atomic mass is 9.91. The lowest BCUT2D eigenvalue weighted by Gasteiger charge is -2.17. The van der Waals surface area contributed by atoms with Crippen LogP contribution >= 0.6 is 0 Å². The van der Waals surface area contributed by atoms with E-state index in [0.717, 1.165) is 33.4 Å². The molecule has 0 aliphatic carbocycles. The monoisotopic (exact) mass is 560 g/mol. The molecule has 4 aromatic heterocycles. The molecule has 0 bridgehead atoms. The molecule has 6 aromatic carbocycles. The molecule has 4 heterocycles. The van der Waals surface area contributed by atoms with Gasteiger partial charge in [-0.3, -0.25) is 9.97 Å². The van der Waals surface area contributed by atoms with Crippen LogP contribution in [0.4, 0.5) is 0 Å². The Morgan fingerprint density at radius 3 is 1.11 bits per heavy atom. The van der Waals surface area contributed by atoms with Gasteiger partial charge in [0.15, 0.2) is 0 Å². The minimum atomic E-state index is 1.01. The predicted octanol–water partition coefficient (Wildman–Crippen LogP) is 10.1. The number of hydrogen-bond donors (Lipinski definition) is 0. The van der Waals surface area contributed by atoms with Crippen LogP contribution in [-0.4, -0.2) is 19.1 Å². The Kier molecular flexibility index (Phi) is 4.69. The van der Waals surface area contributed by atoms with Gasteiger partial charge in [-0.15, -0.1) is 0 Å². The Morgan fingerprint density at radius 2 is 0.705 bits per heavy atom. The minimum absolute atomic E-state index is 1.01. The van der Waals surface area contributed by atoms with Crippen LogP contribution in [0.2, 0.25) is 0 Å². The zero-order chi connectivity index (χ0) is 28.8. The summed E-state index contributed by atoms with van der Waals surface area (Å²) in [5.41, 5.74) is 8.81. The Hall–Kier alpha value is -6.00. The maximum atomic E-state index is 5.02. The van der Waals surface area contributed by atoms with Gasteiger partial charge in [0.1, 0.15) is 0 Å². The van der Waals surface area contributed by atoms with Crippen molar-refractivity contribution in [2.75, 3.05) is 0 Å². The highest BCUT2D eigenvalue weighted by Gasteiger charge is 2.26. The van der Waals surface area contributed by atoms with Gasteiger partial charge in [-0.1, -0.05) is 84.9 Å². The molecule has 0 fully saturated rings. The molecular formula is C40H24N4. The van der Waals surface area contributed by atoms with E-state index in [1.165, 1.54) is 54.1 Å². The fourth-order valence-electron chi connectivity index (χ4n) is 7.50. The number of aromatic nitrogens is 4. The molecule has 4 nitrogen and oxygen atoms in total. The van der Waals surface area contributed by atoms with Gasteiger partial charge in [0.05, 0.1) is 33.1 Å². The van der Waals surface area contributed by atoms with Gasteiger partial charge in [-0.05, 0) is 70.1 Å². The number of benzene rings is 6. The lowest BCUT2D eigenvalue weighted by molar-refractivity contribution is 1.18. The van der Waals surface area contributed by atoms with Crippen molar-refractivity contribution in [3.05, 3.63) is 146 Å². The van der Waals surface area contributed by atoms with E-state index in [1.807, 2.05) is 24.5 Å². The van der Waals surface area contributed by atoms with Crippen molar-refractivity contribution in [3.8, 4) is 11.4 Å². The first-order valence-electron chi connectivity index (χ1n) is 14.9. The maximum absolute atomic E-state index is 5.02. The van der Waals surface area contributed by atoms with Crippen LogP contribution in [-0.2, 0) is 0 Å². The molecule has 0 N–H and O–H groups in total. The first-order valence-corrected chi connectivity index (χ1v) is 14.9. The zero-order valence-electron chi connectivity index (χ0n) is 23.6. The summed E-state index contributed by atoms with van der Waals surface area (Å²) in [6.45, 7) is 0. The maximum Gasteiger partial charge on any atom is 0.0969 e. The fourth-order valence-corrected chi connectivity index (χ4v) is 7.50. The van der Waals surface area contributed by atoms with Crippen molar-refractivity contribution in [3.63, 3.8) is 0 Å². The van der Waals surface area contributed by atoms with Crippen molar-refractivity contribution in [2.24, 2.45) is 0 Å². The van der Waals surface area contributed by atoms with E-state index in [0.29, 0.717) is 0 Å². The molecule has 10 aromatic rings. The van der Waals surface area contributed by atoms with Crippen molar-refractivity contribution < 1.29 is 0 Å². The van der Waals surface area contributed by atoms with Crippen LogP contribution in [0.25, 0.3) is 87.6 Å². The SMILES string of the molecule is c1ccc(-n2c3cccnc3c3c4ccccc4c4c(c5ccccc5c5c6ncccc6n(-c6ccccc6)c54)c32)cc1. The average molecular weight is 561 g/mol. The highest BCUT2D eigenvalue weighted by Crippen LogP contribution is 2.49. The topological polar surface area (TPSA) is 35.6 Å². The summed E-state index contributed by atoms with van der Waals surface area (Å²) in [6.07, 6.45) is 3.83. The van der Waals surface area contributed by atoms with Crippen LogP contribution in [0.3, 0.4) is 0 Å². The third kappa shape index (κ3) is 2.96. The smallest absolute Gasteiger partial charge is 0.0969 e. The lowest BCUT2D eigenvalue weighted by Crippen LogP contribution is -1.98. The van der Waals surface area contributed by atoms with Crippen molar-refractivity contribution >= 4 is 76.2 Å². The Labute approximate surface area is 252 Å². The van der Waals surface area contributed by atoms with Gasteiger partial charge in [-0.2, -0.15) is 0 Å². The van der Waals surface area contributed by atoms with Gasteiger partial charge in [0.2, 0.25) is 0 Å². The predicted molar refractivity (Wildman–Crippen MR) is 183 cm³/mol. The summed E-state index contributed by atoms with van der Waals surface area (Å²) in [6, 6.07) is 47.5. The minimum Gasteiger partial charge on any atom is -0.307 e. The van der Waals surface area contributed by atoms with Gasteiger partial charge >= 0.3 is 0 Å². The highest BCUT2D eigenvalue weighted by molar-refractivity contribution is 6.43. The first-order chi connectivity index (χ1) is 21.9. The molecule has 0 radical (unpaired) electrons. The molecule has 204 valence electrons. The number of hydrogen-bond acceptors (Lipinski definition) is 2. The molecule has 0 spiro atoms. The molecule has 44 heavy (non-hydrogen) atoms. The fraction of sp³-hybridized carbons (Fsp3) is 0. The molecule has 0 saturated carbocycles. The van der Waals surface area contributed by atoms with Crippen LogP contribution in [0.1, 0.15) is 0 Å². The number of pyridine rings is 2. The molecule has 0 aliphatic heterocycles. The summed E-state index contributed by atoms with van der Waals surface area (Å²) in [4.78, 5) is 10.0. The van der Waals surface area contributed by atoms with Crippen LogP contribution in [0.15, 0.2) is 146 Å². The second-order valence-electron chi connectivity index (χ2n) is 11.4. The van der Waals surface area contributed by atoms with Gasteiger partial charge in [0, 0.05) is 45.3 Å². The van der Waals surface area contributed by atoms with Gasteiger partial charge in [-0.25, -0.2) is 0 Å². The van der Waals surface area contributed by atoms with E-state index in [2.05, 4.69) is 130 Å². The average Bonchev–Trinajstić information content (AvgIpc) is 3.63. The largest absolute Gasteiger partial charge is 0.307 e. The number of para-hydroxylation sites is 2. The molecule has 0 unspecified atom stereocenters. The van der Waals surface area contributed by atoms with E-state index in [-0.39, 0.29) is 0 Å². The Morgan fingerprint density at radius 1 is 0.341 bits per heavy atom. The molecule has 0 saturated heterocycles. The van der Waals surface area contributed by atoms with E-state index < -0.39 is 0 Å².